The number of aromatic nitrogens is 1. The molecule has 0 bridgehead atoms. The molecule has 0 saturated carbocycles. The molecule has 102 valence electrons. The van der Waals surface area contributed by atoms with Crippen LogP contribution in [-0.4, -0.2) is 24.1 Å². The van der Waals surface area contributed by atoms with Crippen LogP contribution in [0.3, 0.4) is 0 Å². The predicted octanol–water partition coefficient (Wildman–Crippen LogP) is 2.48. The second-order valence-corrected chi connectivity index (χ2v) is 5.65. The number of pyridine rings is 1. The van der Waals surface area contributed by atoms with E-state index in [1.165, 1.54) is 0 Å². The molecule has 1 fully saturated rings. The third-order valence-corrected chi connectivity index (χ3v) is 4.05. The summed E-state index contributed by atoms with van der Waals surface area (Å²) in [4.78, 5) is 6.68. The molecule has 4 nitrogen and oxygen atoms in total. The molecule has 0 radical (unpaired) electrons. The van der Waals surface area contributed by atoms with Gasteiger partial charge in [0.15, 0.2) is 0 Å². The molecule has 1 saturated heterocycles. The topological polar surface area (TPSA) is 65.9 Å². The maximum Gasteiger partial charge on any atom is 0.147 e. The molecule has 19 heavy (non-hydrogen) atoms. The number of rotatable bonds is 2. The third-order valence-electron chi connectivity index (χ3n) is 3.77. The Morgan fingerprint density at radius 1 is 1.63 bits per heavy atom. The van der Waals surface area contributed by atoms with Gasteiger partial charge < -0.3 is 10.6 Å². The predicted molar refractivity (Wildman–Crippen MR) is 77.3 cm³/mol. The summed E-state index contributed by atoms with van der Waals surface area (Å²) in [6, 6.07) is 3.99. The Morgan fingerprint density at radius 2 is 2.37 bits per heavy atom. The number of halogens is 1. The molecule has 5 heteroatoms. The maximum atomic E-state index is 8.98. The van der Waals surface area contributed by atoms with Crippen LogP contribution in [0.15, 0.2) is 6.07 Å². The molecule has 2 atom stereocenters. The van der Waals surface area contributed by atoms with Crippen molar-refractivity contribution in [2.45, 2.75) is 32.7 Å². The summed E-state index contributed by atoms with van der Waals surface area (Å²) in [7, 11) is 0. The summed E-state index contributed by atoms with van der Waals surface area (Å²) in [6.45, 7) is 5.72. The molecule has 2 unspecified atom stereocenters. The van der Waals surface area contributed by atoms with Gasteiger partial charge in [0.2, 0.25) is 0 Å². The highest BCUT2D eigenvalue weighted by Gasteiger charge is 2.25. The van der Waals surface area contributed by atoms with E-state index in [1.54, 1.807) is 6.07 Å². The average Bonchev–Trinajstić information content (AvgIpc) is 2.41. The summed E-state index contributed by atoms with van der Waals surface area (Å²) in [5.41, 5.74) is 7.26. The second kappa shape index (κ2) is 5.77. The van der Waals surface area contributed by atoms with Crippen LogP contribution in [-0.2, 0) is 0 Å². The number of hydrogen-bond donors (Lipinski definition) is 1. The molecule has 0 spiro atoms. The fourth-order valence-electron chi connectivity index (χ4n) is 2.53. The zero-order chi connectivity index (χ0) is 14.0. The van der Waals surface area contributed by atoms with Crippen LogP contribution in [0.4, 0.5) is 5.82 Å². The van der Waals surface area contributed by atoms with Crippen LogP contribution in [0.2, 0.25) is 5.02 Å². The van der Waals surface area contributed by atoms with E-state index < -0.39 is 0 Å². The minimum atomic E-state index is 0.182. The Hall–Kier alpha value is -1.31. The van der Waals surface area contributed by atoms with E-state index in [-0.39, 0.29) is 6.04 Å². The highest BCUT2D eigenvalue weighted by Crippen LogP contribution is 2.30. The van der Waals surface area contributed by atoms with Crippen LogP contribution in [0, 0.1) is 24.2 Å². The monoisotopic (exact) mass is 278 g/mol. The van der Waals surface area contributed by atoms with Crippen LogP contribution in [0.25, 0.3) is 0 Å². The zero-order valence-corrected chi connectivity index (χ0v) is 12.1. The Morgan fingerprint density at radius 3 is 3.00 bits per heavy atom. The van der Waals surface area contributed by atoms with Crippen molar-refractivity contribution in [2.75, 3.05) is 18.0 Å². The molecule has 1 aromatic heterocycles. The molecule has 1 aliphatic rings. The van der Waals surface area contributed by atoms with Gasteiger partial charge in [-0.3, -0.25) is 0 Å². The first-order chi connectivity index (χ1) is 9.02. The highest BCUT2D eigenvalue weighted by molar-refractivity contribution is 6.33. The summed E-state index contributed by atoms with van der Waals surface area (Å²) >= 11 is 6.25. The van der Waals surface area contributed by atoms with Crippen LogP contribution >= 0.6 is 11.6 Å². The first-order valence-corrected chi connectivity index (χ1v) is 6.98. The molecule has 0 aromatic carbocycles. The van der Waals surface area contributed by atoms with Crippen molar-refractivity contribution in [3.63, 3.8) is 0 Å². The lowest BCUT2D eigenvalue weighted by molar-refractivity contribution is 0.363. The van der Waals surface area contributed by atoms with Gasteiger partial charge in [-0.2, -0.15) is 5.26 Å². The number of aryl methyl sites for hydroxylation is 1. The lowest BCUT2D eigenvalue weighted by atomic mass is 9.92. The van der Waals surface area contributed by atoms with Crippen molar-refractivity contribution in [2.24, 2.45) is 11.7 Å². The standard InChI is InChI=1S/C14H19ClN4/c1-9(17)11-4-3-5-19(8-11)14-13(15)6-12(7-16)10(2)18-14/h6,9,11H,3-5,8,17H2,1-2H3. The molecule has 0 aliphatic carbocycles. The van der Waals surface area contributed by atoms with Gasteiger partial charge in [0.1, 0.15) is 11.9 Å². The summed E-state index contributed by atoms with van der Waals surface area (Å²) in [5.74, 6) is 1.26. The minimum absolute atomic E-state index is 0.182. The summed E-state index contributed by atoms with van der Waals surface area (Å²) < 4.78 is 0. The normalized spacial score (nSPS) is 21.0. The molecular weight excluding hydrogens is 260 g/mol. The molecule has 2 N–H and O–H groups in total. The SMILES string of the molecule is Cc1nc(N2CCCC(C(C)N)C2)c(Cl)cc1C#N. The Labute approximate surface area is 119 Å². The molecule has 2 rings (SSSR count). The van der Waals surface area contributed by atoms with Crippen molar-refractivity contribution in [1.82, 2.24) is 4.98 Å². The number of anilines is 1. The smallest absolute Gasteiger partial charge is 0.147 e. The van der Waals surface area contributed by atoms with Crippen molar-refractivity contribution in [3.05, 3.63) is 22.3 Å². The van der Waals surface area contributed by atoms with E-state index in [9.17, 15) is 0 Å². The molecule has 1 aliphatic heterocycles. The van der Waals surface area contributed by atoms with Crippen molar-refractivity contribution in [3.8, 4) is 6.07 Å². The quantitative estimate of drug-likeness (QED) is 0.902. The number of nitrogens with two attached hydrogens (primary N) is 1. The lowest BCUT2D eigenvalue weighted by Gasteiger charge is -2.35. The van der Waals surface area contributed by atoms with Crippen molar-refractivity contribution in [1.29, 1.82) is 5.26 Å². The number of nitriles is 1. The number of nitrogens with zero attached hydrogens (tertiary/aromatic N) is 3. The van der Waals surface area contributed by atoms with Crippen LogP contribution in [0.1, 0.15) is 31.0 Å². The fourth-order valence-corrected chi connectivity index (χ4v) is 2.81. The zero-order valence-electron chi connectivity index (χ0n) is 11.4. The van der Waals surface area contributed by atoms with Crippen molar-refractivity contribution >= 4 is 17.4 Å². The van der Waals surface area contributed by atoms with Gasteiger partial charge in [-0.1, -0.05) is 11.6 Å². The molecule has 0 amide bonds. The first-order valence-electron chi connectivity index (χ1n) is 6.60. The first kappa shape index (κ1) is 14.1. The lowest BCUT2D eigenvalue weighted by Crippen LogP contribution is -2.42. The van der Waals surface area contributed by atoms with Gasteiger partial charge in [0.05, 0.1) is 16.3 Å². The van der Waals surface area contributed by atoms with E-state index in [0.29, 0.717) is 16.5 Å². The summed E-state index contributed by atoms with van der Waals surface area (Å²) in [5, 5.41) is 9.53. The molecule has 2 heterocycles. The number of hydrogen-bond acceptors (Lipinski definition) is 4. The van der Waals surface area contributed by atoms with E-state index in [0.717, 1.165) is 37.4 Å². The van der Waals surface area contributed by atoms with E-state index in [2.05, 4.69) is 16.0 Å². The molecule has 1 aromatic rings. The van der Waals surface area contributed by atoms with Gasteiger partial charge >= 0.3 is 0 Å². The Bertz CT molecular complexity index is 507. The van der Waals surface area contributed by atoms with E-state index in [1.807, 2.05) is 13.8 Å². The third kappa shape index (κ3) is 2.99. The van der Waals surface area contributed by atoms with Crippen LogP contribution < -0.4 is 10.6 Å². The van der Waals surface area contributed by atoms with Gasteiger partial charge in [0, 0.05) is 19.1 Å². The summed E-state index contributed by atoms with van der Waals surface area (Å²) in [6.07, 6.45) is 2.25. The van der Waals surface area contributed by atoms with Gasteiger partial charge in [-0.15, -0.1) is 0 Å². The molecular formula is C14H19ClN4. The van der Waals surface area contributed by atoms with Crippen molar-refractivity contribution < 1.29 is 0 Å². The number of piperidine rings is 1. The average molecular weight is 279 g/mol. The minimum Gasteiger partial charge on any atom is -0.355 e. The van der Waals surface area contributed by atoms with E-state index >= 15 is 0 Å². The fraction of sp³-hybridized carbons (Fsp3) is 0.571. The Kier molecular flexibility index (Phi) is 4.28. The van der Waals surface area contributed by atoms with E-state index in [4.69, 9.17) is 22.6 Å². The maximum absolute atomic E-state index is 8.98. The van der Waals surface area contributed by atoms with Crippen LogP contribution in [0.5, 0.6) is 0 Å². The largest absolute Gasteiger partial charge is 0.355 e. The van der Waals surface area contributed by atoms with Gasteiger partial charge in [-0.05, 0) is 38.7 Å². The van der Waals surface area contributed by atoms with Gasteiger partial charge in [-0.25, -0.2) is 4.98 Å². The second-order valence-electron chi connectivity index (χ2n) is 5.25. The van der Waals surface area contributed by atoms with Gasteiger partial charge in [0.25, 0.3) is 0 Å². The highest BCUT2D eigenvalue weighted by atomic mass is 35.5. The Balaban J connectivity index is 2.27.